The van der Waals surface area contributed by atoms with Crippen LogP contribution in [0.15, 0.2) is 48.5 Å². The Bertz CT molecular complexity index is 1260. The average molecular weight is 393 g/mol. The second kappa shape index (κ2) is 7.72. The Morgan fingerprint density at radius 3 is 2.60 bits per heavy atom. The van der Waals surface area contributed by atoms with E-state index in [-0.39, 0.29) is 0 Å². The monoisotopic (exact) mass is 393 g/mol. The van der Waals surface area contributed by atoms with Gasteiger partial charge in [0.15, 0.2) is 0 Å². The van der Waals surface area contributed by atoms with Gasteiger partial charge in [0.25, 0.3) is 0 Å². The van der Waals surface area contributed by atoms with Gasteiger partial charge in [-0.15, -0.1) is 0 Å². The summed E-state index contributed by atoms with van der Waals surface area (Å²) < 4.78 is 2.00. The van der Waals surface area contributed by atoms with E-state index < -0.39 is 0 Å². The lowest BCUT2D eigenvalue weighted by molar-refractivity contribution is 0.643. The summed E-state index contributed by atoms with van der Waals surface area (Å²) >= 11 is 0. The van der Waals surface area contributed by atoms with E-state index >= 15 is 0 Å². The normalized spacial score (nSPS) is 13.2. The highest BCUT2D eigenvalue weighted by atomic mass is 15.2. The molecule has 2 heterocycles. The Hall–Kier alpha value is -3.52. The van der Waals surface area contributed by atoms with Gasteiger partial charge in [0, 0.05) is 11.4 Å². The van der Waals surface area contributed by atoms with E-state index in [4.69, 9.17) is 9.97 Å². The third-order valence-corrected chi connectivity index (χ3v) is 5.92. The molecule has 0 spiro atoms. The van der Waals surface area contributed by atoms with Crippen LogP contribution in [0.5, 0.6) is 0 Å². The van der Waals surface area contributed by atoms with Crippen LogP contribution in [0.4, 0.5) is 0 Å². The summed E-state index contributed by atoms with van der Waals surface area (Å²) in [6.07, 6.45) is 6.29. The number of aryl methyl sites for hydroxylation is 4. The average Bonchev–Trinajstić information content (AvgIpc) is 3.13. The molecule has 0 radical (unpaired) electrons. The number of fused-ring (bicyclic) bond motifs is 2. The zero-order valence-corrected chi connectivity index (χ0v) is 17.1. The molecule has 5 heteroatoms. The van der Waals surface area contributed by atoms with E-state index in [1.54, 1.807) is 6.07 Å². The van der Waals surface area contributed by atoms with Crippen LogP contribution in [0.2, 0.25) is 0 Å². The zero-order valence-electron chi connectivity index (χ0n) is 17.1. The molecule has 0 N–H and O–H groups in total. The third-order valence-electron chi connectivity index (χ3n) is 5.92. The molecule has 0 saturated heterocycles. The van der Waals surface area contributed by atoms with E-state index in [2.05, 4.69) is 41.4 Å². The van der Waals surface area contributed by atoms with Crippen molar-refractivity contribution in [2.45, 2.75) is 45.4 Å². The Kier molecular flexibility index (Phi) is 4.76. The molecule has 0 bridgehead atoms. The second-order valence-electron chi connectivity index (χ2n) is 7.87. The maximum atomic E-state index is 9.46. The summed E-state index contributed by atoms with van der Waals surface area (Å²) in [6, 6.07) is 18.5. The van der Waals surface area contributed by atoms with E-state index in [1.165, 1.54) is 29.7 Å². The van der Waals surface area contributed by atoms with Crippen LogP contribution in [0.3, 0.4) is 0 Å². The van der Waals surface area contributed by atoms with Crippen molar-refractivity contribution in [2.75, 3.05) is 0 Å². The lowest BCUT2D eigenvalue weighted by Gasteiger charge is -2.20. The van der Waals surface area contributed by atoms with Crippen LogP contribution in [0.1, 0.15) is 46.7 Å². The molecule has 0 saturated carbocycles. The quantitative estimate of drug-likeness (QED) is 0.506. The molecule has 1 aliphatic carbocycles. The van der Waals surface area contributed by atoms with Gasteiger partial charge in [-0.2, -0.15) is 5.26 Å². The largest absolute Gasteiger partial charge is 0.264 e. The Morgan fingerprint density at radius 1 is 0.933 bits per heavy atom. The molecule has 2 aromatic carbocycles. The standard InChI is InChI=1S/C25H23N5/c1-17-27-24-19(16-26)10-7-13-23(24)30(17)25-28-21-12-6-5-11-20(21)22(29-25)15-14-18-8-3-2-4-9-18/h2-4,7-10,13H,5-6,11-12,14-15H2,1H3. The number of benzene rings is 2. The van der Waals surface area contributed by atoms with E-state index in [9.17, 15) is 5.26 Å². The van der Waals surface area contributed by atoms with Gasteiger partial charge in [-0.1, -0.05) is 36.4 Å². The van der Waals surface area contributed by atoms with Gasteiger partial charge in [0.1, 0.15) is 17.4 Å². The highest BCUT2D eigenvalue weighted by molar-refractivity contribution is 5.83. The van der Waals surface area contributed by atoms with E-state index in [1.807, 2.05) is 23.6 Å². The minimum absolute atomic E-state index is 0.580. The first-order valence-corrected chi connectivity index (χ1v) is 10.6. The van der Waals surface area contributed by atoms with Crippen molar-refractivity contribution in [3.05, 3.63) is 82.4 Å². The van der Waals surface area contributed by atoms with Crippen molar-refractivity contribution in [3.8, 4) is 12.0 Å². The molecule has 2 aromatic heterocycles. The first kappa shape index (κ1) is 18.5. The number of hydrogen-bond donors (Lipinski definition) is 0. The van der Waals surface area contributed by atoms with Crippen molar-refractivity contribution < 1.29 is 0 Å². The highest BCUT2D eigenvalue weighted by Gasteiger charge is 2.21. The van der Waals surface area contributed by atoms with Crippen LogP contribution >= 0.6 is 0 Å². The predicted octanol–water partition coefficient (Wildman–Crippen LogP) is 4.66. The number of rotatable bonds is 4. The number of para-hydroxylation sites is 1. The van der Waals surface area contributed by atoms with Gasteiger partial charge in [-0.25, -0.2) is 15.0 Å². The molecule has 5 nitrogen and oxygen atoms in total. The summed E-state index contributed by atoms with van der Waals surface area (Å²) in [4.78, 5) is 14.7. The molecule has 30 heavy (non-hydrogen) atoms. The maximum Gasteiger partial charge on any atom is 0.236 e. The molecule has 0 fully saturated rings. The molecule has 1 aliphatic rings. The van der Waals surface area contributed by atoms with Crippen LogP contribution < -0.4 is 0 Å². The lowest BCUT2D eigenvalue weighted by atomic mass is 9.92. The van der Waals surface area contributed by atoms with E-state index in [0.29, 0.717) is 17.0 Å². The smallest absolute Gasteiger partial charge is 0.236 e. The molecule has 0 amide bonds. The molecular weight excluding hydrogens is 370 g/mol. The fraction of sp³-hybridized carbons (Fsp3) is 0.280. The van der Waals surface area contributed by atoms with Gasteiger partial charge in [0.05, 0.1) is 11.1 Å². The number of hydrogen-bond acceptors (Lipinski definition) is 4. The Balaban J connectivity index is 1.62. The summed E-state index contributed by atoms with van der Waals surface area (Å²) in [6.45, 7) is 1.95. The molecule has 0 aliphatic heterocycles. The van der Waals surface area contributed by atoms with Gasteiger partial charge in [-0.05, 0) is 68.7 Å². The molecule has 148 valence electrons. The lowest BCUT2D eigenvalue weighted by Crippen LogP contribution is -2.16. The van der Waals surface area contributed by atoms with Gasteiger partial charge >= 0.3 is 0 Å². The summed E-state index contributed by atoms with van der Waals surface area (Å²) in [5, 5.41) is 9.46. The first-order valence-electron chi connectivity index (χ1n) is 10.6. The summed E-state index contributed by atoms with van der Waals surface area (Å²) in [5.74, 6) is 1.48. The van der Waals surface area contributed by atoms with Gasteiger partial charge in [0.2, 0.25) is 5.95 Å². The summed E-state index contributed by atoms with van der Waals surface area (Å²) in [7, 11) is 0. The van der Waals surface area contributed by atoms with Crippen molar-refractivity contribution in [3.63, 3.8) is 0 Å². The third kappa shape index (κ3) is 3.25. The highest BCUT2D eigenvalue weighted by Crippen LogP contribution is 2.27. The molecule has 0 unspecified atom stereocenters. The molecule has 0 atom stereocenters. The predicted molar refractivity (Wildman–Crippen MR) is 117 cm³/mol. The fourth-order valence-electron chi connectivity index (χ4n) is 4.43. The van der Waals surface area contributed by atoms with Crippen LogP contribution in [0, 0.1) is 18.3 Å². The van der Waals surface area contributed by atoms with Crippen LogP contribution in [-0.4, -0.2) is 19.5 Å². The second-order valence-corrected chi connectivity index (χ2v) is 7.87. The number of nitrogens with zero attached hydrogens (tertiary/aromatic N) is 5. The number of aromatic nitrogens is 4. The molecule has 5 rings (SSSR count). The molecular formula is C25H23N5. The van der Waals surface area contributed by atoms with E-state index in [0.717, 1.165) is 42.7 Å². The Labute approximate surface area is 176 Å². The Morgan fingerprint density at radius 2 is 1.77 bits per heavy atom. The van der Waals surface area contributed by atoms with Crippen molar-refractivity contribution in [1.82, 2.24) is 19.5 Å². The van der Waals surface area contributed by atoms with Gasteiger partial charge in [-0.3, -0.25) is 4.57 Å². The fourth-order valence-corrected chi connectivity index (χ4v) is 4.43. The topological polar surface area (TPSA) is 67.4 Å². The number of nitriles is 1. The molecule has 4 aromatic rings. The van der Waals surface area contributed by atoms with Crippen LogP contribution in [-0.2, 0) is 25.7 Å². The van der Waals surface area contributed by atoms with Crippen molar-refractivity contribution in [2.24, 2.45) is 0 Å². The minimum Gasteiger partial charge on any atom is -0.264 e. The summed E-state index contributed by atoms with van der Waals surface area (Å²) in [5.41, 5.74) is 7.16. The first-order chi connectivity index (χ1) is 14.7. The minimum atomic E-state index is 0.580. The SMILES string of the molecule is Cc1nc2c(C#N)cccc2n1-c1nc2c(c(CCc3ccccc3)n1)CCCC2. The maximum absolute atomic E-state index is 9.46. The number of imidazole rings is 1. The zero-order chi connectivity index (χ0) is 20.5. The van der Waals surface area contributed by atoms with Gasteiger partial charge < -0.3 is 0 Å². The van der Waals surface area contributed by atoms with Crippen molar-refractivity contribution in [1.29, 1.82) is 5.26 Å². The van der Waals surface area contributed by atoms with Crippen LogP contribution in [0.25, 0.3) is 17.0 Å². The van der Waals surface area contributed by atoms with Crippen molar-refractivity contribution >= 4 is 11.0 Å².